The first-order valence-electron chi connectivity index (χ1n) is 10.0. The summed E-state index contributed by atoms with van der Waals surface area (Å²) in [5, 5.41) is 10.8. The second-order valence-electron chi connectivity index (χ2n) is 8.50. The monoisotopic (exact) mass is 489 g/mol. The molecule has 0 saturated heterocycles. The van der Waals surface area contributed by atoms with Crippen LogP contribution in [-0.4, -0.2) is 42.5 Å². The zero-order chi connectivity index (χ0) is 24.2. The van der Waals surface area contributed by atoms with Gasteiger partial charge in [0.05, 0.1) is 25.6 Å². The number of hydrogen-bond acceptors (Lipinski definition) is 8. The highest BCUT2D eigenvalue weighted by atomic mass is 35.5. The van der Waals surface area contributed by atoms with Gasteiger partial charge < -0.3 is 11.1 Å². The van der Waals surface area contributed by atoms with Crippen molar-refractivity contribution in [1.29, 1.82) is 5.26 Å². The Hall–Kier alpha value is -3.10. The molecule has 9 nitrogen and oxygen atoms in total. The first kappa shape index (κ1) is 23.1. The molecule has 0 radical (unpaired) electrons. The number of halogens is 2. The van der Waals surface area contributed by atoms with Crippen molar-refractivity contribution in [2.45, 2.75) is 42.7 Å². The summed E-state index contributed by atoms with van der Waals surface area (Å²) >= 11 is 6.06. The third kappa shape index (κ3) is 3.45. The van der Waals surface area contributed by atoms with Gasteiger partial charge in [0.2, 0.25) is 0 Å². The Balaban J connectivity index is 1.75. The second-order valence-corrected chi connectivity index (χ2v) is 11.9. The van der Waals surface area contributed by atoms with Crippen molar-refractivity contribution in [3.63, 3.8) is 0 Å². The van der Waals surface area contributed by atoms with Gasteiger partial charge in [-0.1, -0.05) is 11.6 Å². The number of pyridine rings is 2. The van der Waals surface area contributed by atoms with Gasteiger partial charge in [0.1, 0.15) is 45.2 Å². The van der Waals surface area contributed by atoms with Gasteiger partial charge in [0, 0.05) is 12.7 Å². The number of nitrogens with zero attached hydrogens (tertiary/aromatic N) is 5. The van der Waals surface area contributed by atoms with Crippen LogP contribution in [0.3, 0.4) is 0 Å². The van der Waals surface area contributed by atoms with E-state index in [1.54, 1.807) is 20.8 Å². The van der Waals surface area contributed by atoms with Crippen molar-refractivity contribution in [1.82, 2.24) is 9.97 Å². The summed E-state index contributed by atoms with van der Waals surface area (Å²) in [4.78, 5) is 25.5. The summed E-state index contributed by atoms with van der Waals surface area (Å²) in [6.45, 7) is 5.44. The minimum Gasteiger partial charge on any atom is -0.386 e. The number of rotatable bonds is 3. The molecule has 2 aliphatic heterocycles. The van der Waals surface area contributed by atoms with Crippen LogP contribution in [-0.2, 0) is 15.3 Å². The summed E-state index contributed by atoms with van der Waals surface area (Å²) in [7, 11) is -2.87. The largest absolute Gasteiger partial charge is 0.386 e. The number of amidine groups is 1. The fourth-order valence-electron chi connectivity index (χ4n) is 4.18. The second kappa shape index (κ2) is 7.74. The summed E-state index contributed by atoms with van der Waals surface area (Å²) in [5.41, 5.74) is 4.85. The molecule has 1 amide bonds. The number of fused-ring (bicyclic) bond motifs is 1. The zero-order valence-corrected chi connectivity index (χ0v) is 19.7. The molecule has 0 bridgehead atoms. The molecule has 0 aromatic carbocycles. The molecule has 33 heavy (non-hydrogen) atoms. The van der Waals surface area contributed by atoms with E-state index in [-0.39, 0.29) is 33.6 Å². The van der Waals surface area contributed by atoms with E-state index in [1.807, 2.05) is 6.07 Å². The SMILES string of the molecule is CC1(C)C(N)=N[C@](C)(c2nc(NC(=O)c3ncc(C#N)cc3Cl)ccc2F)[C@H]2CCN=S21=O. The lowest BCUT2D eigenvalue weighted by molar-refractivity contribution is 0.102. The maximum absolute atomic E-state index is 15.0. The smallest absolute Gasteiger partial charge is 0.276 e. The normalized spacial score (nSPS) is 27.6. The molecule has 0 aliphatic carbocycles. The lowest BCUT2D eigenvalue weighted by atomic mass is 9.89. The number of anilines is 1. The van der Waals surface area contributed by atoms with Crippen molar-refractivity contribution in [2.24, 2.45) is 15.1 Å². The van der Waals surface area contributed by atoms with Crippen molar-refractivity contribution in [3.05, 3.63) is 52.2 Å². The maximum Gasteiger partial charge on any atom is 0.276 e. The zero-order valence-electron chi connectivity index (χ0n) is 18.1. The van der Waals surface area contributed by atoms with E-state index >= 15 is 4.39 Å². The number of amides is 1. The van der Waals surface area contributed by atoms with E-state index in [9.17, 15) is 9.00 Å². The highest BCUT2D eigenvalue weighted by Gasteiger charge is 2.57. The Morgan fingerprint density at radius 3 is 2.79 bits per heavy atom. The van der Waals surface area contributed by atoms with Gasteiger partial charge in [-0.25, -0.2) is 22.9 Å². The average molecular weight is 490 g/mol. The van der Waals surface area contributed by atoms with Crippen molar-refractivity contribution >= 4 is 38.9 Å². The molecule has 3 atom stereocenters. The lowest BCUT2D eigenvalue weighted by Gasteiger charge is -2.44. The number of aromatic nitrogens is 2. The van der Waals surface area contributed by atoms with Gasteiger partial charge in [-0.05, 0) is 45.4 Å². The lowest BCUT2D eigenvalue weighted by Crippen LogP contribution is -2.58. The van der Waals surface area contributed by atoms with E-state index in [0.717, 1.165) is 6.07 Å². The summed E-state index contributed by atoms with van der Waals surface area (Å²) in [6.07, 6.45) is 1.66. The van der Waals surface area contributed by atoms with Crippen LogP contribution in [0.5, 0.6) is 0 Å². The van der Waals surface area contributed by atoms with E-state index in [2.05, 4.69) is 24.6 Å². The third-order valence-corrected chi connectivity index (χ3v) is 10.1. The first-order chi connectivity index (χ1) is 15.4. The molecule has 3 N–H and O–H groups in total. The van der Waals surface area contributed by atoms with E-state index in [1.165, 1.54) is 18.3 Å². The average Bonchev–Trinajstić information content (AvgIpc) is 3.18. The standard InChI is InChI=1S/C21H21ClFN7O2S/c1-20(2)19(25)30-21(3,14-6-7-27-33(14,20)32)17-13(23)4-5-15(28-17)29-18(31)16-12(22)8-11(9-24)10-26-16/h4-5,8,10,14H,6-7H2,1-3H3,(H2,25,30)(H,28,29,31)/t14-,21+,33?/m1/s1. The number of carbonyl (C=O) groups excluding carboxylic acids is 1. The Labute approximate surface area is 195 Å². The summed E-state index contributed by atoms with van der Waals surface area (Å²) < 4.78 is 32.3. The van der Waals surface area contributed by atoms with Crippen LogP contribution in [0.15, 0.2) is 33.8 Å². The number of carbonyl (C=O) groups is 1. The van der Waals surface area contributed by atoms with Crippen LogP contribution < -0.4 is 11.1 Å². The minimum absolute atomic E-state index is 0.0139. The van der Waals surface area contributed by atoms with E-state index in [4.69, 9.17) is 22.6 Å². The number of aliphatic imine (C=N–C) groups is 1. The van der Waals surface area contributed by atoms with Crippen LogP contribution >= 0.6 is 11.6 Å². The van der Waals surface area contributed by atoms with Crippen LogP contribution in [0.1, 0.15) is 48.9 Å². The Kier molecular flexibility index (Phi) is 5.41. The summed E-state index contributed by atoms with van der Waals surface area (Å²) in [5.74, 6) is -1.22. The molecule has 4 heterocycles. The molecule has 2 aromatic heterocycles. The molecule has 1 unspecified atom stereocenters. The van der Waals surface area contributed by atoms with Gasteiger partial charge in [0.15, 0.2) is 0 Å². The van der Waals surface area contributed by atoms with Gasteiger partial charge in [-0.3, -0.25) is 9.79 Å². The molecule has 0 fully saturated rings. The highest BCUT2D eigenvalue weighted by Crippen LogP contribution is 2.47. The van der Waals surface area contributed by atoms with Gasteiger partial charge in [-0.2, -0.15) is 5.26 Å². The van der Waals surface area contributed by atoms with E-state index in [0.29, 0.717) is 13.0 Å². The molecule has 0 saturated carbocycles. The molecule has 2 aliphatic rings. The topological polar surface area (TPSA) is 146 Å². The Bertz CT molecular complexity index is 1380. The number of hydrogen-bond donors (Lipinski definition) is 2. The van der Waals surface area contributed by atoms with Crippen molar-refractivity contribution < 1.29 is 13.4 Å². The van der Waals surface area contributed by atoms with E-state index < -0.39 is 37.0 Å². The Morgan fingerprint density at radius 1 is 1.39 bits per heavy atom. The van der Waals surface area contributed by atoms with Crippen LogP contribution in [0.4, 0.5) is 10.2 Å². The van der Waals surface area contributed by atoms with Crippen molar-refractivity contribution in [3.8, 4) is 6.07 Å². The van der Waals surface area contributed by atoms with Gasteiger partial charge in [0.25, 0.3) is 5.91 Å². The minimum atomic E-state index is -2.87. The molecule has 2 aromatic rings. The quantitative estimate of drug-likeness (QED) is 0.677. The number of nitrogens with one attached hydrogen (secondary N) is 1. The molecular weight excluding hydrogens is 469 g/mol. The first-order valence-corrected chi connectivity index (χ1v) is 12.0. The molecule has 0 spiro atoms. The molecule has 4 rings (SSSR count). The molecule has 172 valence electrons. The molecular formula is C21H21ClFN7O2S. The van der Waals surface area contributed by atoms with Crippen molar-refractivity contribution in [2.75, 3.05) is 11.9 Å². The fourth-order valence-corrected chi connectivity index (χ4v) is 7.58. The molecule has 12 heteroatoms. The van der Waals surface area contributed by atoms with Crippen LogP contribution in [0, 0.1) is 17.1 Å². The third-order valence-electron chi connectivity index (χ3n) is 6.14. The van der Waals surface area contributed by atoms with Gasteiger partial charge >= 0.3 is 0 Å². The highest BCUT2D eigenvalue weighted by molar-refractivity contribution is 7.96. The Morgan fingerprint density at radius 2 is 2.12 bits per heavy atom. The fraction of sp³-hybridized carbons (Fsp3) is 0.381. The number of nitriles is 1. The summed E-state index contributed by atoms with van der Waals surface area (Å²) in [6, 6.07) is 5.63. The predicted octanol–water partition coefficient (Wildman–Crippen LogP) is 3.00. The van der Waals surface area contributed by atoms with Crippen LogP contribution in [0.25, 0.3) is 0 Å². The maximum atomic E-state index is 15.0. The predicted molar refractivity (Wildman–Crippen MR) is 123 cm³/mol. The van der Waals surface area contributed by atoms with Gasteiger partial charge in [-0.15, -0.1) is 0 Å². The number of nitrogens with two attached hydrogens (primary N) is 1. The van der Waals surface area contributed by atoms with Crippen LogP contribution in [0.2, 0.25) is 5.02 Å².